The zero-order valence-electron chi connectivity index (χ0n) is 22.4. The lowest BCUT2D eigenvalue weighted by atomic mass is 10.0. The molecule has 1 aromatic carbocycles. The number of carbonyl (C=O) groups excluding carboxylic acids is 2. The van der Waals surface area contributed by atoms with Gasteiger partial charge in [-0.2, -0.15) is 5.10 Å². The first-order valence-corrected chi connectivity index (χ1v) is 12.6. The largest absolute Gasteiger partial charge is 0.461 e. The van der Waals surface area contributed by atoms with E-state index < -0.39 is 23.5 Å². The summed E-state index contributed by atoms with van der Waals surface area (Å²) < 4.78 is 28.5. The minimum Gasteiger partial charge on any atom is -0.461 e. The van der Waals surface area contributed by atoms with E-state index in [1.165, 1.54) is 10.8 Å². The molecule has 0 aliphatic rings. The number of nitrogens with zero attached hydrogens (tertiary/aromatic N) is 3. The summed E-state index contributed by atoms with van der Waals surface area (Å²) in [6.07, 6.45) is 1.04. The van der Waals surface area contributed by atoms with E-state index in [2.05, 4.69) is 22.5 Å². The van der Waals surface area contributed by atoms with Crippen molar-refractivity contribution in [3.63, 3.8) is 0 Å². The van der Waals surface area contributed by atoms with Crippen LogP contribution >= 0.6 is 11.9 Å². The summed E-state index contributed by atoms with van der Waals surface area (Å²) in [6, 6.07) is 6.16. The van der Waals surface area contributed by atoms with E-state index >= 15 is 0 Å². The van der Waals surface area contributed by atoms with E-state index in [9.17, 15) is 14.0 Å². The van der Waals surface area contributed by atoms with Gasteiger partial charge >= 0.3 is 12.1 Å². The molecule has 0 saturated heterocycles. The number of esters is 1. The van der Waals surface area contributed by atoms with Crippen molar-refractivity contribution in [1.29, 1.82) is 0 Å². The van der Waals surface area contributed by atoms with Crippen LogP contribution in [0.2, 0.25) is 0 Å². The molecule has 0 atom stereocenters. The third-order valence-corrected chi connectivity index (χ3v) is 5.91. The maximum atomic E-state index is 14.7. The molecule has 198 valence electrons. The molecule has 0 bridgehead atoms. The highest BCUT2D eigenvalue weighted by Gasteiger charge is 2.24. The standard InChI is InChI=1S/C26H37FN4O4S/c1-9-34-24(32)23-21(15-19-10-11-22(17(2)14-19)36-30(7)8)18(3)29-31(23)16-20(27)12-13-28-25(33)35-26(4,5)6/h10-12,14H,9,13,15-16H2,1-8H3,(H,28,33)/b20-12-. The van der Waals surface area contributed by atoms with E-state index in [1.807, 2.05) is 31.4 Å². The number of nitrogens with one attached hydrogen (secondary N) is 1. The molecule has 1 amide bonds. The van der Waals surface area contributed by atoms with Gasteiger partial charge in [-0.15, -0.1) is 0 Å². The maximum Gasteiger partial charge on any atom is 0.407 e. The predicted molar refractivity (Wildman–Crippen MR) is 140 cm³/mol. The van der Waals surface area contributed by atoms with Crippen molar-refractivity contribution in [1.82, 2.24) is 19.4 Å². The molecular weight excluding hydrogens is 483 g/mol. The van der Waals surface area contributed by atoms with Crippen molar-refractivity contribution in [2.24, 2.45) is 0 Å². The zero-order chi connectivity index (χ0) is 27.0. The van der Waals surface area contributed by atoms with E-state index in [0.29, 0.717) is 17.7 Å². The highest BCUT2D eigenvalue weighted by Crippen LogP contribution is 2.27. The first kappa shape index (κ1) is 29.4. The van der Waals surface area contributed by atoms with Crippen molar-refractivity contribution in [2.75, 3.05) is 27.2 Å². The van der Waals surface area contributed by atoms with Gasteiger partial charge in [-0.25, -0.2) is 14.0 Å². The Hall–Kier alpha value is -2.85. The number of rotatable bonds is 10. The lowest BCUT2D eigenvalue weighted by Gasteiger charge is -2.19. The molecule has 8 nitrogen and oxygen atoms in total. The third-order valence-electron chi connectivity index (χ3n) is 4.89. The minimum atomic E-state index is -0.645. The van der Waals surface area contributed by atoms with Crippen molar-refractivity contribution in [3.8, 4) is 0 Å². The van der Waals surface area contributed by atoms with Gasteiger partial charge in [-0.3, -0.25) is 8.99 Å². The van der Waals surface area contributed by atoms with Crippen LogP contribution < -0.4 is 5.32 Å². The minimum absolute atomic E-state index is 0.0564. The Morgan fingerprint density at radius 1 is 1.25 bits per heavy atom. The van der Waals surface area contributed by atoms with Gasteiger partial charge in [0.15, 0.2) is 5.69 Å². The van der Waals surface area contributed by atoms with E-state index in [-0.39, 0.29) is 25.4 Å². The molecular formula is C26H37FN4O4S. The topological polar surface area (TPSA) is 85.7 Å². The second-order valence-electron chi connectivity index (χ2n) is 9.50. The summed E-state index contributed by atoms with van der Waals surface area (Å²) >= 11 is 1.64. The fourth-order valence-electron chi connectivity index (χ4n) is 3.46. The average Bonchev–Trinajstić information content (AvgIpc) is 3.03. The number of allylic oxidation sites excluding steroid dienone is 1. The summed E-state index contributed by atoms with van der Waals surface area (Å²) in [7, 11) is 3.98. The molecule has 2 aromatic rings. The van der Waals surface area contributed by atoms with Crippen molar-refractivity contribution in [2.45, 2.75) is 65.0 Å². The molecule has 0 aliphatic carbocycles. The van der Waals surface area contributed by atoms with E-state index in [0.717, 1.165) is 16.0 Å². The number of alkyl carbamates (subject to hydrolysis) is 1. The second kappa shape index (κ2) is 12.9. The van der Waals surface area contributed by atoms with Crippen LogP contribution in [0.1, 0.15) is 60.6 Å². The summed E-state index contributed by atoms with van der Waals surface area (Å²) in [4.78, 5) is 25.8. The van der Waals surface area contributed by atoms with Crippen LogP contribution in [-0.4, -0.2) is 59.0 Å². The van der Waals surface area contributed by atoms with Gasteiger partial charge < -0.3 is 14.8 Å². The highest BCUT2D eigenvalue weighted by molar-refractivity contribution is 7.97. The summed E-state index contributed by atoms with van der Waals surface area (Å²) in [5, 5.41) is 6.91. The molecule has 0 saturated carbocycles. The van der Waals surface area contributed by atoms with Crippen molar-refractivity contribution in [3.05, 3.63) is 58.2 Å². The zero-order valence-corrected chi connectivity index (χ0v) is 23.2. The normalized spacial score (nSPS) is 12.1. The first-order valence-electron chi connectivity index (χ1n) is 11.8. The molecule has 10 heteroatoms. The monoisotopic (exact) mass is 520 g/mol. The summed E-state index contributed by atoms with van der Waals surface area (Å²) in [5.41, 5.74) is 3.04. The Morgan fingerprint density at radius 2 is 1.94 bits per heavy atom. The molecule has 0 aliphatic heterocycles. The lowest BCUT2D eigenvalue weighted by Crippen LogP contribution is -2.32. The quantitative estimate of drug-likeness (QED) is 0.340. The SMILES string of the molecule is CCOC(=O)c1c(Cc2ccc(SN(C)C)c(C)c2)c(C)nn1C/C(F)=C/CNC(=O)OC(C)(C)C. The Kier molecular flexibility index (Phi) is 10.5. The van der Waals surface area contributed by atoms with Gasteiger partial charge in [0.25, 0.3) is 0 Å². The number of aryl methyl sites for hydroxylation is 2. The molecule has 1 heterocycles. The Balaban J connectivity index is 2.25. The van der Waals surface area contributed by atoms with E-state index in [1.54, 1.807) is 46.6 Å². The van der Waals surface area contributed by atoms with Gasteiger partial charge in [0.2, 0.25) is 0 Å². The Morgan fingerprint density at radius 3 is 2.53 bits per heavy atom. The number of hydrogen-bond donors (Lipinski definition) is 1. The smallest absolute Gasteiger partial charge is 0.407 e. The van der Waals surface area contributed by atoms with Crippen LogP contribution in [-0.2, 0) is 22.4 Å². The van der Waals surface area contributed by atoms with Gasteiger partial charge in [0, 0.05) is 23.4 Å². The van der Waals surface area contributed by atoms with Crippen molar-refractivity contribution >= 4 is 24.0 Å². The predicted octanol–water partition coefficient (Wildman–Crippen LogP) is 5.21. The molecule has 0 radical (unpaired) electrons. The Bertz CT molecular complexity index is 1110. The number of aromatic nitrogens is 2. The molecule has 2 rings (SSSR count). The van der Waals surface area contributed by atoms with Crippen LogP contribution in [0.15, 0.2) is 35.0 Å². The molecule has 36 heavy (non-hydrogen) atoms. The molecule has 1 aromatic heterocycles. The second-order valence-corrected chi connectivity index (χ2v) is 10.9. The van der Waals surface area contributed by atoms with Crippen LogP contribution in [0, 0.1) is 13.8 Å². The van der Waals surface area contributed by atoms with Gasteiger partial charge in [0.1, 0.15) is 11.4 Å². The molecule has 1 N–H and O–H groups in total. The summed E-state index contributed by atoms with van der Waals surface area (Å²) in [5.74, 6) is -1.10. The van der Waals surface area contributed by atoms with Gasteiger partial charge in [0.05, 0.1) is 18.8 Å². The fraction of sp³-hybridized carbons (Fsp3) is 0.500. The molecule has 0 spiro atoms. The van der Waals surface area contributed by atoms with Crippen LogP contribution in [0.3, 0.4) is 0 Å². The van der Waals surface area contributed by atoms with Gasteiger partial charge in [-0.1, -0.05) is 12.1 Å². The summed E-state index contributed by atoms with van der Waals surface area (Å²) in [6.45, 7) is 10.7. The molecule has 0 fully saturated rings. The number of halogens is 1. The number of amides is 1. The van der Waals surface area contributed by atoms with Crippen molar-refractivity contribution < 1.29 is 23.5 Å². The average molecular weight is 521 g/mol. The third kappa shape index (κ3) is 8.98. The Labute approximate surface area is 217 Å². The number of carbonyl (C=O) groups is 2. The number of hydrogen-bond acceptors (Lipinski definition) is 7. The van der Waals surface area contributed by atoms with Crippen LogP contribution in [0.5, 0.6) is 0 Å². The lowest BCUT2D eigenvalue weighted by molar-refractivity contribution is 0.0507. The number of ether oxygens (including phenoxy) is 2. The van der Waals surface area contributed by atoms with Crippen LogP contribution in [0.25, 0.3) is 0 Å². The maximum absolute atomic E-state index is 14.7. The molecule has 0 unspecified atom stereocenters. The van der Waals surface area contributed by atoms with Crippen LogP contribution in [0.4, 0.5) is 9.18 Å². The fourth-order valence-corrected chi connectivity index (χ4v) is 4.19. The van der Waals surface area contributed by atoms with Gasteiger partial charge in [-0.05, 0) is 90.9 Å². The number of benzene rings is 1. The van der Waals surface area contributed by atoms with E-state index in [4.69, 9.17) is 9.47 Å². The highest BCUT2D eigenvalue weighted by atomic mass is 32.2. The first-order chi connectivity index (χ1) is 16.8.